The van der Waals surface area contributed by atoms with E-state index in [1.165, 1.54) is 12.1 Å². The molecule has 1 fully saturated rings. The molecule has 0 atom stereocenters. The Morgan fingerprint density at radius 2 is 1.86 bits per heavy atom. The second-order valence-electron chi connectivity index (χ2n) is 6.76. The monoisotopic (exact) mass is 387 g/mol. The van der Waals surface area contributed by atoms with Crippen LogP contribution >= 0.6 is 0 Å². The third-order valence-electron chi connectivity index (χ3n) is 4.89. The fraction of sp³-hybridized carbons (Fsp3) is 0.318. The molecule has 0 aromatic heterocycles. The average Bonchev–Trinajstić information content (AvgIpc) is 2.59. The molecule has 0 saturated heterocycles. The first-order chi connectivity index (χ1) is 13.3. The Morgan fingerprint density at radius 1 is 1.18 bits per heavy atom. The highest BCUT2D eigenvalue weighted by Gasteiger charge is 2.31. The van der Waals surface area contributed by atoms with Crippen molar-refractivity contribution < 1.29 is 22.7 Å². The lowest BCUT2D eigenvalue weighted by Gasteiger charge is -2.24. The number of halogens is 3. The minimum Gasteiger partial charge on any atom is -0.406 e. The van der Waals surface area contributed by atoms with E-state index >= 15 is 0 Å². The molecular formula is C22H20F3NO2. The predicted molar refractivity (Wildman–Crippen MR) is 102 cm³/mol. The van der Waals surface area contributed by atoms with Crippen LogP contribution in [-0.4, -0.2) is 12.1 Å². The van der Waals surface area contributed by atoms with Gasteiger partial charge in [-0.15, -0.1) is 13.2 Å². The van der Waals surface area contributed by atoms with Gasteiger partial charge in [-0.05, 0) is 67.6 Å². The summed E-state index contributed by atoms with van der Waals surface area (Å²) in [5, 5.41) is 3.00. The third kappa shape index (κ3) is 4.48. The van der Waals surface area contributed by atoms with Gasteiger partial charge in [0.1, 0.15) is 5.75 Å². The van der Waals surface area contributed by atoms with Crippen LogP contribution in [0.5, 0.6) is 5.75 Å². The van der Waals surface area contributed by atoms with Crippen molar-refractivity contribution in [2.75, 3.05) is 5.32 Å². The molecule has 0 amide bonds. The number of ketones is 1. The standard InChI is InChI=1S/C22H20F3NO2/c1-3-11-26-20-13-17(21(27)16-5-4-6-16)12-19(14(20)2)15-7-9-18(10-8-15)28-22(23,24)25/h7-10,12-13,16,26H,4-6H2,1-2H3. The molecule has 1 saturated carbocycles. The van der Waals surface area contributed by atoms with Gasteiger partial charge in [0.15, 0.2) is 5.78 Å². The molecular weight excluding hydrogens is 367 g/mol. The van der Waals surface area contributed by atoms with E-state index in [4.69, 9.17) is 0 Å². The summed E-state index contributed by atoms with van der Waals surface area (Å²) in [5.74, 6) is 2.61. The number of nitrogens with one attached hydrogen (secondary N) is 1. The average molecular weight is 387 g/mol. The lowest BCUT2D eigenvalue weighted by atomic mass is 9.79. The van der Waals surface area contributed by atoms with Crippen molar-refractivity contribution in [1.29, 1.82) is 0 Å². The van der Waals surface area contributed by atoms with E-state index in [2.05, 4.69) is 22.0 Å². The molecule has 1 aliphatic rings. The Hall–Kier alpha value is -2.94. The summed E-state index contributed by atoms with van der Waals surface area (Å²) >= 11 is 0. The highest BCUT2D eigenvalue weighted by molar-refractivity contribution is 6.01. The molecule has 28 heavy (non-hydrogen) atoms. The fourth-order valence-corrected chi connectivity index (χ4v) is 3.16. The molecule has 2 aromatic rings. The maximum Gasteiger partial charge on any atom is 0.573 e. The molecule has 146 valence electrons. The topological polar surface area (TPSA) is 38.3 Å². The van der Waals surface area contributed by atoms with Gasteiger partial charge in [0.25, 0.3) is 0 Å². The minimum absolute atomic E-state index is 0.0447. The number of hydrogen-bond acceptors (Lipinski definition) is 3. The highest BCUT2D eigenvalue weighted by atomic mass is 19.4. The van der Waals surface area contributed by atoms with Crippen molar-refractivity contribution in [3.8, 4) is 28.8 Å². The van der Waals surface area contributed by atoms with E-state index in [1.807, 2.05) is 6.92 Å². The third-order valence-corrected chi connectivity index (χ3v) is 4.89. The summed E-state index contributed by atoms with van der Waals surface area (Å²) < 4.78 is 41.1. The Labute approximate surface area is 161 Å². The van der Waals surface area contributed by atoms with Gasteiger partial charge in [-0.25, -0.2) is 0 Å². The first kappa shape index (κ1) is 19.8. The molecule has 3 nitrogen and oxygen atoms in total. The second-order valence-corrected chi connectivity index (χ2v) is 6.76. The van der Waals surface area contributed by atoms with E-state index in [9.17, 15) is 18.0 Å². The number of benzene rings is 2. The summed E-state index contributed by atoms with van der Waals surface area (Å²) in [7, 11) is 0. The van der Waals surface area contributed by atoms with Crippen LogP contribution in [0.4, 0.5) is 18.9 Å². The second kappa shape index (κ2) is 7.97. The number of Topliss-reactive ketones (excluding diaryl/α,β-unsaturated/α-hetero) is 1. The maximum atomic E-state index is 12.7. The zero-order chi connectivity index (χ0) is 20.3. The maximum absolute atomic E-state index is 12.7. The zero-order valence-electron chi connectivity index (χ0n) is 15.6. The molecule has 0 bridgehead atoms. The normalized spacial score (nSPS) is 13.9. The molecule has 3 rings (SSSR count). The molecule has 0 heterocycles. The van der Waals surface area contributed by atoms with Crippen LogP contribution in [0.3, 0.4) is 0 Å². The molecule has 2 aromatic carbocycles. The first-order valence-corrected chi connectivity index (χ1v) is 9.01. The van der Waals surface area contributed by atoms with Crippen molar-refractivity contribution in [1.82, 2.24) is 0 Å². The predicted octanol–water partition coefficient (Wildman–Crippen LogP) is 5.94. The molecule has 0 radical (unpaired) electrons. The molecule has 6 heteroatoms. The SMILES string of the molecule is CC#CNc1cc(C(=O)C2CCC2)cc(-c2ccc(OC(F)(F)F)cc2)c1C. The number of carbonyl (C=O) groups is 1. The van der Waals surface area contributed by atoms with Crippen LogP contribution in [0, 0.1) is 24.8 Å². The molecule has 0 aliphatic heterocycles. The van der Waals surface area contributed by atoms with Gasteiger partial charge < -0.3 is 10.1 Å². The van der Waals surface area contributed by atoms with Crippen LogP contribution in [0.1, 0.15) is 42.1 Å². The van der Waals surface area contributed by atoms with Gasteiger partial charge in [0, 0.05) is 17.5 Å². The smallest absolute Gasteiger partial charge is 0.406 e. The number of ether oxygens (including phenoxy) is 1. The Bertz CT molecular complexity index is 933. The summed E-state index contributed by atoms with van der Waals surface area (Å²) in [6.07, 6.45) is -1.89. The van der Waals surface area contributed by atoms with Crippen LogP contribution in [-0.2, 0) is 0 Å². The van der Waals surface area contributed by atoms with Crippen molar-refractivity contribution in [2.45, 2.75) is 39.5 Å². The van der Waals surface area contributed by atoms with Gasteiger partial charge in [0.05, 0.1) is 5.69 Å². The van der Waals surface area contributed by atoms with Gasteiger partial charge in [0.2, 0.25) is 0 Å². The lowest BCUT2D eigenvalue weighted by Crippen LogP contribution is -2.22. The number of carbonyl (C=O) groups excluding carboxylic acids is 1. The van der Waals surface area contributed by atoms with Gasteiger partial charge in [-0.3, -0.25) is 4.79 Å². The first-order valence-electron chi connectivity index (χ1n) is 9.01. The minimum atomic E-state index is -4.73. The van der Waals surface area contributed by atoms with Crippen LogP contribution in [0.15, 0.2) is 36.4 Å². The van der Waals surface area contributed by atoms with Crippen molar-refractivity contribution in [2.24, 2.45) is 5.92 Å². The lowest BCUT2D eigenvalue weighted by molar-refractivity contribution is -0.274. The number of anilines is 1. The summed E-state index contributed by atoms with van der Waals surface area (Å²) in [5.41, 5.74) is 3.62. The molecule has 1 N–H and O–H groups in total. The van der Waals surface area contributed by atoms with Crippen molar-refractivity contribution in [3.05, 3.63) is 47.5 Å². The Balaban J connectivity index is 2.00. The van der Waals surface area contributed by atoms with Crippen LogP contribution in [0.2, 0.25) is 0 Å². The number of rotatable bonds is 5. The zero-order valence-corrected chi connectivity index (χ0v) is 15.6. The van der Waals surface area contributed by atoms with Gasteiger partial charge >= 0.3 is 6.36 Å². The Kier molecular flexibility index (Phi) is 5.64. The van der Waals surface area contributed by atoms with Crippen molar-refractivity contribution >= 4 is 11.5 Å². The quantitative estimate of drug-likeness (QED) is 0.392. The van der Waals surface area contributed by atoms with Crippen molar-refractivity contribution in [3.63, 3.8) is 0 Å². The van der Waals surface area contributed by atoms with E-state index in [-0.39, 0.29) is 17.5 Å². The molecule has 0 spiro atoms. The number of hydrogen-bond donors (Lipinski definition) is 1. The highest BCUT2D eigenvalue weighted by Crippen LogP contribution is 2.35. The summed E-state index contributed by atoms with van der Waals surface area (Å²) in [6, 6.07) is 12.0. The van der Waals surface area contributed by atoms with E-state index < -0.39 is 6.36 Å². The number of alkyl halides is 3. The molecule has 1 aliphatic carbocycles. The summed E-state index contributed by atoms with van der Waals surface area (Å²) in [4.78, 5) is 12.7. The summed E-state index contributed by atoms with van der Waals surface area (Å²) in [6.45, 7) is 3.58. The van der Waals surface area contributed by atoms with Crippen LogP contribution in [0.25, 0.3) is 11.1 Å². The van der Waals surface area contributed by atoms with Gasteiger partial charge in [-0.2, -0.15) is 0 Å². The Morgan fingerprint density at radius 3 is 2.39 bits per heavy atom. The fourth-order valence-electron chi connectivity index (χ4n) is 3.16. The van der Waals surface area contributed by atoms with E-state index in [0.717, 1.165) is 30.4 Å². The van der Waals surface area contributed by atoms with E-state index in [1.54, 1.807) is 31.2 Å². The van der Waals surface area contributed by atoms with Crippen LogP contribution < -0.4 is 10.1 Å². The largest absolute Gasteiger partial charge is 0.573 e. The van der Waals surface area contributed by atoms with Gasteiger partial charge in [-0.1, -0.05) is 24.5 Å². The van der Waals surface area contributed by atoms with E-state index in [0.29, 0.717) is 16.8 Å². The molecule has 0 unspecified atom stereocenters.